The van der Waals surface area contributed by atoms with Gasteiger partial charge in [0.25, 0.3) is 11.8 Å². The highest BCUT2D eigenvalue weighted by Crippen LogP contribution is 2.35. The molecule has 0 heterocycles. The number of rotatable bonds is 11. The first-order chi connectivity index (χ1) is 22.0. The number of thioether (sulfide) groups is 1. The molecule has 238 valence electrons. The Bertz CT molecular complexity index is 1730. The summed E-state index contributed by atoms with van der Waals surface area (Å²) in [5.41, 5.74) is 0.305. The molecule has 3 N–H and O–H groups in total. The maximum absolute atomic E-state index is 13.5. The molecule has 0 radical (unpaired) electrons. The molecule has 12 heteroatoms. The Kier molecular flexibility index (Phi) is 11.5. The third-order valence-corrected chi connectivity index (χ3v) is 8.23. The van der Waals surface area contributed by atoms with Gasteiger partial charge in [-0.2, -0.15) is 13.2 Å². The van der Waals surface area contributed by atoms with Crippen LogP contribution in [-0.4, -0.2) is 30.1 Å². The van der Waals surface area contributed by atoms with E-state index in [2.05, 4.69) is 16.0 Å². The molecule has 7 nitrogen and oxygen atoms in total. The van der Waals surface area contributed by atoms with E-state index in [4.69, 9.17) is 16.3 Å². The van der Waals surface area contributed by atoms with Gasteiger partial charge in [0.1, 0.15) is 11.4 Å². The summed E-state index contributed by atoms with van der Waals surface area (Å²) in [5.74, 6) is -0.969. The number of carbonyl (C=O) groups is 3. The van der Waals surface area contributed by atoms with Gasteiger partial charge in [-0.05, 0) is 78.7 Å². The van der Waals surface area contributed by atoms with E-state index in [1.54, 1.807) is 85.8 Å². The molecule has 3 amide bonds. The lowest BCUT2D eigenvalue weighted by molar-refractivity contribution is -0.137. The Morgan fingerprint density at radius 3 is 2.28 bits per heavy atom. The second-order valence-electron chi connectivity index (χ2n) is 9.83. The zero-order valence-corrected chi connectivity index (χ0v) is 26.2. The van der Waals surface area contributed by atoms with Crippen molar-refractivity contribution >= 4 is 58.5 Å². The zero-order chi connectivity index (χ0) is 33.3. The number of amides is 3. The zero-order valence-electron chi connectivity index (χ0n) is 24.7. The summed E-state index contributed by atoms with van der Waals surface area (Å²) in [7, 11) is 1.54. The molecular weight excluding hydrogens is 639 g/mol. The molecular formula is C34H29ClF3N3O4S. The van der Waals surface area contributed by atoms with Crippen LogP contribution in [0.25, 0.3) is 6.08 Å². The summed E-state index contributed by atoms with van der Waals surface area (Å²) in [6.07, 6.45) is -2.71. The molecule has 0 saturated heterocycles. The normalized spacial score (nSPS) is 12.2. The molecule has 0 aliphatic rings. The number of methoxy groups -OCH3 is 1. The molecule has 46 heavy (non-hydrogen) atoms. The molecule has 4 aromatic carbocycles. The van der Waals surface area contributed by atoms with Crippen molar-refractivity contribution in [1.82, 2.24) is 5.32 Å². The third-order valence-electron chi connectivity index (χ3n) is 6.54. The van der Waals surface area contributed by atoms with E-state index in [1.165, 1.54) is 24.9 Å². The number of hydrogen-bond acceptors (Lipinski definition) is 5. The van der Waals surface area contributed by atoms with Crippen LogP contribution in [0.5, 0.6) is 5.75 Å². The van der Waals surface area contributed by atoms with Gasteiger partial charge in [0.2, 0.25) is 5.91 Å². The van der Waals surface area contributed by atoms with E-state index >= 15 is 0 Å². The second kappa shape index (κ2) is 15.5. The first kappa shape index (κ1) is 34.1. The summed E-state index contributed by atoms with van der Waals surface area (Å²) < 4.78 is 44.8. The quantitative estimate of drug-likeness (QED) is 0.111. The predicted octanol–water partition coefficient (Wildman–Crippen LogP) is 8.29. The number of nitrogens with one attached hydrogen (secondary N) is 3. The van der Waals surface area contributed by atoms with E-state index in [0.717, 1.165) is 18.2 Å². The van der Waals surface area contributed by atoms with Crippen LogP contribution in [0.4, 0.5) is 24.5 Å². The molecule has 0 aliphatic heterocycles. The number of ether oxygens (including phenoxy) is 1. The largest absolute Gasteiger partial charge is 0.497 e. The lowest BCUT2D eigenvalue weighted by atomic mass is 10.1. The van der Waals surface area contributed by atoms with Gasteiger partial charge in [-0.1, -0.05) is 54.9 Å². The number of benzene rings is 4. The molecule has 1 atom stereocenters. The molecule has 0 spiro atoms. The Hall–Kier alpha value is -4.74. The SMILES string of the molecule is CCC(Sc1cccc(NC(=O)/C(=C\c2ccc(OC)cc2)NC(=O)c2ccccc2)c1)C(=O)Nc1cc(C(F)(F)F)ccc1Cl. The first-order valence-corrected chi connectivity index (χ1v) is 15.2. The predicted molar refractivity (Wildman–Crippen MR) is 175 cm³/mol. The molecule has 0 aliphatic carbocycles. The van der Waals surface area contributed by atoms with E-state index < -0.39 is 34.7 Å². The smallest absolute Gasteiger partial charge is 0.416 e. The van der Waals surface area contributed by atoms with Crippen molar-refractivity contribution in [2.45, 2.75) is 29.7 Å². The highest BCUT2D eigenvalue weighted by molar-refractivity contribution is 8.00. The van der Waals surface area contributed by atoms with Crippen LogP contribution in [0, 0.1) is 0 Å². The highest BCUT2D eigenvalue weighted by atomic mass is 35.5. The molecule has 0 fully saturated rings. The third kappa shape index (κ3) is 9.38. The van der Waals surface area contributed by atoms with Gasteiger partial charge in [0.15, 0.2) is 0 Å². The van der Waals surface area contributed by atoms with Gasteiger partial charge in [0, 0.05) is 16.1 Å². The van der Waals surface area contributed by atoms with Crippen molar-refractivity contribution < 1.29 is 32.3 Å². The van der Waals surface area contributed by atoms with Crippen molar-refractivity contribution in [2.24, 2.45) is 0 Å². The van der Waals surface area contributed by atoms with Gasteiger partial charge >= 0.3 is 6.18 Å². The summed E-state index contributed by atoms with van der Waals surface area (Å²) in [6.45, 7) is 1.77. The fourth-order valence-corrected chi connectivity index (χ4v) is 5.33. The molecule has 1 unspecified atom stereocenters. The standard InChI is InChI=1S/C34H29ClF3N3O4S/c1-3-30(33(44)40-28-19-23(34(36,37)38)14-17-27(28)35)46-26-11-7-10-24(20-26)39-32(43)29(18-21-12-15-25(45-2)16-13-21)41-31(42)22-8-5-4-6-9-22/h4-20,30H,3H2,1-2H3,(H,39,43)(H,40,44)(H,41,42)/b29-18+. The molecule has 4 rings (SSSR count). The lowest BCUT2D eigenvalue weighted by Gasteiger charge is -2.17. The van der Waals surface area contributed by atoms with E-state index in [9.17, 15) is 27.6 Å². The number of hydrogen-bond donors (Lipinski definition) is 3. The molecule has 0 bridgehead atoms. The average molecular weight is 668 g/mol. The Morgan fingerprint density at radius 1 is 0.913 bits per heavy atom. The van der Waals surface area contributed by atoms with Gasteiger partial charge in [-0.15, -0.1) is 11.8 Å². The van der Waals surface area contributed by atoms with Crippen LogP contribution >= 0.6 is 23.4 Å². The van der Waals surface area contributed by atoms with Crippen LogP contribution in [0.2, 0.25) is 5.02 Å². The fraction of sp³-hybridized carbons (Fsp3) is 0.147. The van der Waals surface area contributed by atoms with E-state index in [-0.39, 0.29) is 16.4 Å². The monoisotopic (exact) mass is 667 g/mol. The van der Waals surface area contributed by atoms with Gasteiger partial charge < -0.3 is 20.7 Å². The van der Waals surface area contributed by atoms with Crippen LogP contribution in [0.15, 0.2) is 108 Å². The number of alkyl halides is 3. The van der Waals surface area contributed by atoms with Crippen LogP contribution < -0.4 is 20.7 Å². The maximum atomic E-state index is 13.5. The fourth-order valence-electron chi connectivity index (χ4n) is 4.15. The lowest BCUT2D eigenvalue weighted by Crippen LogP contribution is -2.30. The van der Waals surface area contributed by atoms with Crippen molar-refractivity contribution in [3.8, 4) is 5.75 Å². The van der Waals surface area contributed by atoms with Crippen LogP contribution in [0.1, 0.15) is 34.8 Å². The minimum Gasteiger partial charge on any atom is -0.497 e. The number of halogens is 4. The van der Waals surface area contributed by atoms with Crippen molar-refractivity contribution in [1.29, 1.82) is 0 Å². The Labute approximate surface area is 273 Å². The summed E-state index contributed by atoms with van der Waals surface area (Å²) in [4.78, 5) is 40.1. The number of anilines is 2. The topological polar surface area (TPSA) is 96.5 Å². The van der Waals surface area contributed by atoms with Gasteiger partial charge in [-0.25, -0.2) is 0 Å². The Morgan fingerprint density at radius 2 is 1.63 bits per heavy atom. The van der Waals surface area contributed by atoms with Crippen molar-refractivity contribution in [3.63, 3.8) is 0 Å². The summed E-state index contributed by atoms with van der Waals surface area (Å²) >= 11 is 7.23. The van der Waals surface area contributed by atoms with Gasteiger partial charge in [-0.3, -0.25) is 14.4 Å². The van der Waals surface area contributed by atoms with Crippen molar-refractivity contribution in [2.75, 3.05) is 17.7 Å². The summed E-state index contributed by atoms with van der Waals surface area (Å²) in [5, 5.41) is 7.26. The van der Waals surface area contributed by atoms with E-state index in [0.29, 0.717) is 33.9 Å². The highest BCUT2D eigenvalue weighted by Gasteiger charge is 2.31. The minimum absolute atomic E-state index is 0.0131. The van der Waals surface area contributed by atoms with E-state index in [1.807, 2.05) is 0 Å². The number of carbonyl (C=O) groups excluding carboxylic acids is 3. The Balaban J connectivity index is 1.51. The van der Waals surface area contributed by atoms with Crippen molar-refractivity contribution in [3.05, 3.63) is 124 Å². The van der Waals surface area contributed by atoms with Gasteiger partial charge in [0.05, 0.1) is 28.6 Å². The van der Waals surface area contributed by atoms with Crippen LogP contribution in [-0.2, 0) is 15.8 Å². The minimum atomic E-state index is -4.60. The average Bonchev–Trinajstić information content (AvgIpc) is 3.04. The first-order valence-electron chi connectivity index (χ1n) is 13.9. The summed E-state index contributed by atoms with van der Waals surface area (Å²) in [6, 6.07) is 24.8. The van der Waals surface area contributed by atoms with Crippen LogP contribution in [0.3, 0.4) is 0 Å². The second-order valence-corrected chi connectivity index (χ2v) is 11.5. The molecule has 0 aromatic heterocycles. The molecule has 4 aromatic rings. The maximum Gasteiger partial charge on any atom is 0.416 e. The molecule has 0 saturated carbocycles.